The van der Waals surface area contributed by atoms with Crippen molar-refractivity contribution >= 4 is 44.9 Å². The number of rotatable bonds is 8. The lowest BCUT2D eigenvalue weighted by molar-refractivity contribution is 0.0943. The van der Waals surface area contributed by atoms with Crippen molar-refractivity contribution in [2.24, 2.45) is 0 Å². The van der Waals surface area contributed by atoms with E-state index < -0.39 is 15.9 Å². The van der Waals surface area contributed by atoms with Crippen molar-refractivity contribution < 1.29 is 13.2 Å². The second kappa shape index (κ2) is 9.50. The lowest BCUT2D eigenvalue weighted by Crippen LogP contribution is -2.47. The molecule has 1 saturated carbocycles. The van der Waals surface area contributed by atoms with Crippen LogP contribution in [-0.2, 0) is 10.0 Å². The summed E-state index contributed by atoms with van der Waals surface area (Å²) in [7, 11) is -3.75. The molecule has 0 aliphatic heterocycles. The summed E-state index contributed by atoms with van der Waals surface area (Å²) in [5.74, 6) is -0.512. The van der Waals surface area contributed by atoms with E-state index in [0.717, 1.165) is 32.1 Å². The Morgan fingerprint density at radius 2 is 2.00 bits per heavy atom. The van der Waals surface area contributed by atoms with Gasteiger partial charge in [-0.05, 0) is 49.7 Å². The van der Waals surface area contributed by atoms with Gasteiger partial charge in [0.15, 0.2) is 5.11 Å². The Balaban J connectivity index is 1.94. The molecule has 2 rings (SSSR count). The van der Waals surface area contributed by atoms with Crippen molar-refractivity contribution in [1.29, 1.82) is 0 Å². The zero-order valence-electron chi connectivity index (χ0n) is 14.5. The molecule has 0 unspecified atom stereocenters. The molecule has 0 bridgehead atoms. The van der Waals surface area contributed by atoms with Gasteiger partial charge in [0.1, 0.15) is 4.90 Å². The predicted octanol–water partition coefficient (Wildman–Crippen LogP) is 2.08. The molecule has 0 saturated heterocycles. The van der Waals surface area contributed by atoms with Crippen molar-refractivity contribution in [1.82, 2.24) is 20.9 Å². The highest BCUT2D eigenvalue weighted by molar-refractivity contribution is 7.89. The van der Waals surface area contributed by atoms with Crippen LogP contribution in [0.25, 0.3) is 0 Å². The van der Waals surface area contributed by atoms with Crippen LogP contribution in [0, 0.1) is 0 Å². The number of sulfonamides is 1. The number of halogens is 1. The molecule has 1 aromatic carbocycles. The summed E-state index contributed by atoms with van der Waals surface area (Å²) in [6, 6.07) is 4.04. The monoisotopic (exact) mass is 418 g/mol. The Morgan fingerprint density at radius 1 is 1.27 bits per heavy atom. The van der Waals surface area contributed by atoms with Crippen molar-refractivity contribution in [3.8, 4) is 0 Å². The van der Waals surface area contributed by atoms with Gasteiger partial charge in [0.2, 0.25) is 10.0 Å². The van der Waals surface area contributed by atoms with Crippen LogP contribution in [0.1, 0.15) is 49.4 Å². The Labute approximate surface area is 164 Å². The Kier molecular flexibility index (Phi) is 7.63. The maximum Gasteiger partial charge on any atom is 0.269 e. The van der Waals surface area contributed by atoms with Crippen molar-refractivity contribution in [3.63, 3.8) is 0 Å². The van der Waals surface area contributed by atoms with Gasteiger partial charge in [-0.2, -0.15) is 0 Å². The lowest BCUT2D eigenvalue weighted by Gasteiger charge is -2.13. The van der Waals surface area contributed by atoms with E-state index in [4.69, 9.17) is 23.8 Å². The zero-order valence-corrected chi connectivity index (χ0v) is 16.9. The average molecular weight is 419 g/mol. The number of thiocarbonyl (C=S) groups is 1. The highest BCUT2D eigenvalue weighted by Crippen LogP contribution is 2.26. The highest BCUT2D eigenvalue weighted by Gasteiger charge is 2.29. The van der Waals surface area contributed by atoms with Crippen LogP contribution in [0.3, 0.4) is 0 Å². The average Bonchev–Trinajstić information content (AvgIpc) is 3.40. The first-order valence-electron chi connectivity index (χ1n) is 8.49. The molecular formula is C16H23ClN4O3S2. The summed E-state index contributed by atoms with van der Waals surface area (Å²) in [4.78, 5) is 12.1. The number of carbonyl (C=O) groups is 1. The zero-order chi connectivity index (χ0) is 19.2. The van der Waals surface area contributed by atoms with Crippen LogP contribution >= 0.6 is 23.8 Å². The third kappa shape index (κ3) is 6.39. The summed E-state index contributed by atoms with van der Waals surface area (Å²) in [6.07, 6.45) is 4.81. The topological polar surface area (TPSA) is 99.3 Å². The summed E-state index contributed by atoms with van der Waals surface area (Å²) in [5, 5.41) is 3.34. The molecule has 0 spiro atoms. The van der Waals surface area contributed by atoms with Gasteiger partial charge in [0.05, 0.1) is 5.02 Å². The minimum absolute atomic E-state index is 0.0497. The Hall–Kier alpha value is -1.42. The van der Waals surface area contributed by atoms with E-state index in [2.05, 4.69) is 27.8 Å². The molecule has 1 aliphatic rings. The van der Waals surface area contributed by atoms with Crippen molar-refractivity contribution in [2.45, 2.75) is 50.0 Å². The van der Waals surface area contributed by atoms with Crippen LogP contribution < -0.4 is 20.9 Å². The highest BCUT2D eigenvalue weighted by atomic mass is 35.5. The number of unbranched alkanes of at least 4 members (excludes halogenated alkanes) is 2. The maximum absolute atomic E-state index is 12.3. The molecule has 1 fully saturated rings. The summed E-state index contributed by atoms with van der Waals surface area (Å²) in [6.45, 7) is 2.82. The van der Waals surface area contributed by atoms with Crippen molar-refractivity contribution in [3.05, 3.63) is 28.8 Å². The number of hydrogen-bond donors (Lipinski definition) is 4. The molecule has 1 aromatic rings. The van der Waals surface area contributed by atoms with Crippen LogP contribution in [0.15, 0.2) is 23.1 Å². The molecule has 0 heterocycles. The molecule has 0 atom stereocenters. The van der Waals surface area contributed by atoms with Gasteiger partial charge in [-0.15, -0.1) is 0 Å². The van der Waals surface area contributed by atoms with Crippen LogP contribution in [-0.4, -0.2) is 32.0 Å². The predicted molar refractivity (Wildman–Crippen MR) is 106 cm³/mol. The standard InChI is InChI=1S/C16H23ClN4O3S2/c1-2-3-4-9-18-16(25)20-19-15(22)11-5-8-13(17)14(10-11)26(23,24)21-12-6-7-12/h5,8,10,12,21H,2-4,6-7,9H2,1H3,(H,19,22)(H2,18,20,25). The van der Waals surface area contributed by atoms with Gasteiger partial charge in [-0.25, -0.2) is 13.1 Å². The van der Waals surface area contributed by atoms with Crippen LogP contribution in [0.4, 0.5) is 0 Å². The SMILES string of the molecule is CCCCCNC(=S)NNC(=O)c1ccc(Cl)c(S(=O)(=O)NC2CC2)c1. The van der Waals surface area contributed by atoms with E-state index >= 15 is 0 Å². The first kappa shape index (κ1) is 20.9. The fraction of sp³-hybridized carbons (Fsp3) is 0.500. The summed E-state index contributed by atoms with van der Waals surface area (Å²) < 4.78 is 27.2. The van der Waals surface area contributed by atoms with E-state index in [1.807, 2.05) is 0 Å². The molecule has 26 heavy (non-hydrogen) atoms. The number of carbonyl (C=O) groups excluding carboxylic acids is 1. The quantitative estimate of drug-likeness (QED) is 0.293. The molecule has 0 radical (unpaired) electrons. The first-order chi connectivity index (χ1) is 12.3. The van der Waals surface area contributed by atoms with Gasteiger partial charge in [-0.1, -0.05) is 31.4 Å². The third-order valence-corrected chi connectivity index (χ3v) is 5.99. The molecule has 4 N–H and O–H groups in total. The smallest absolute Gasteiger partial charge is 0.269 e. The fourth-order valence-electron chi connectivity index (χ4n) is 2.14. The van der Waals surface area contributed by atoms with Gasteiger partial charge < -0.3 is 5.32 Å². The number of benzene rings is 1. The Bertz CT molecular complexity index is 767. The second-order valence-electron chi connectivity index (χ2n) is 6.08. The molecular weight excluding hydrogens is 396 g/mol. The van der Waals surface area contributed by atoms with Gasteiger partial charge in [0.25, 0.3) is 5.91 Å². The minimum Gasteiger partial charge on any atom is -0.361 e. The number of amides is 1. The molecule has 10 heteroatoms. The molecule has 1 aliphatic carbocycles. The maximum atomic E-state index is 12.3. The molecule has 0 aromatic heterocycles. The molecule has 144 valence electrons. The van der Waals surface area contributed by atoms with E-state index in [9.17, 15) is 13.2 Å². The number of hydrazine groups is 1. The lowest BCUT2D eigenvalue weighted by atomic mass is 10.2. The van der Waals surface area contributed by atoms with Gasteiger partial charge in [0, 0.05) is 18.2 Å². The van der Waals surface area contributed by atoms with Crippen LogP contribution in [0.2, 0.25) is 5.02 Å². The first-order valence-corrected chi connectivity index (χ1v) is 10.8. The van der Waals surface area contributed by atoms with E-state index in [1.54, 1.807) is 0 Å². The number of hydrogen-bond acceptors (Lipinski definition) is 4. The fourth-order valence-corrected chi connectivity index (χ4v) is 4.13. The van der Waals surface area contributed by atoms with Gasteiger partial charge >= 0.3 is 0 Å². The molecule has 1 amide bonds. The van der Waals surface area contributed by atoms with E-state index in [1.165, 1.54) is 18.2 Å². The number of nitrogens with one attached hydrogen (secondary N) is 4. The third-order valence-electron chi connectivity index (χ3n) is 3.74. The normalized spacial score (nSPS) is 13.9. The summed E-state index contributed by atoms with van der Waals surface area (Å²) in [5.41, 5.74) is 5.19. The minimum atomic E-state index is -3.75. The van der Waals surface area contributed by atoms with Gasteiger partial charge in [-0.3, -0.25) is 15.6 Å². The van der Waals surface area contributed by atoms with E-state index in [-0.39, 0.29) is 21.5 Å². The van der Waals surface area contributed by atoms with Crippen LogP contribution in [0.5, 0.6) is 0 Å². The largest absolute Gasteiger partial charge is 0.361 e. The Morgan fingerprint density at radius 3 is 2.65 bits per heavy atom. The van der Waals surface area contributed by atoms with Crippen molar-refractivity contribution in [2.75, 3.05) is 6.54 Å². The summed E-state index contributed by atoms with van der Waals surface area (Å²) >= 11 is 11.1. The second-order valence-corrected chi connectivity index (χ2v) is 8.58. The van der Waals surface area contributed by atoms with E-state index in [0.29, 0.717) is 11.7 Å². The molecule has 7 nitrogen and oxygen atoms in total.